The molecule has 5 rings (SSSR count). The zero-order valence-electron chi connectivity index (χ0n) is 34.5. The van der Waals surface area contributed by atoms with E-state index >= 15 is 0 Å². The maximum atomic E-state index is 14.3. The summed E-state index contributed by atoms with van der Waals surface area (Å²) in [4.78, 5) is 78.9. The maximum absolute atomic E-state index is 14.3. The predicted octanol–water partition coefficient (Wildman–Crippen LogP) is 4.12. The van der Waals surface area contributed by atoms with Gasteiger partial charge in [-0.2, -0.15) is 0 Å². The van der Waals surface area contributed by atoms with Gasteiger partial charge in [-0.05, 0) is 44.9 Å². The summed E-state index contributed by atoms with van der Waals surface area (Å²) in [7, 11) is -2.68. The van der Waals surface area contributed by atoms with E-state index in [-0.39, 0.29) is 69.5 Å². The molecule has 1 N–H and O–H groups in total. The summed E-state index contributed by atoms with van der Waals surface area (Å²) >= 11 is 0. The van der Waals surface area contributed by atoms with Gasteiger partial charge in [0.15, 0.2) is 5.82 Å². The number of amides is 3. The minimum absolute atomic E-state index is 0.00649. The third kappa shape index (κ3) is 13.1. The van der Waals surface area contributed by atoms with Gasteiger partial charge in [-0.3, -0.25) is 23.2 Å². The van der Waals surface area contributed by atoms with E-state index < -0.39 is 57.4 Å². The smallest absolute Gasteiger partial charge is 0.450 e. The highest BCUT2D eigenvalue weighted by molar-refractivity contribution is 7.62. The summed E-state index contributed by atoms with van der Waals surface area (Å²) in [5.74, 6) is -0.184. The Hall–Kier alpha value is -5.82. The first kappa shape index (κ1) is 46.2. The normalized spacial score (nSPS) is 15.7. The van der Waals surface area contributed by atoms with Crippen molar-refractivity contribution in [2.24, 2.45) is 0 Å². The molecule has 0 saturated carbocycles. The SMILES string of the molecule is CCOC(=O)OCOP(=O)(OCOC(=O)OCC)c1ccc(C[C@H](NC(=O)c2cc(N3CC[C@H](OC)C3)nc(-c3ccccc3)n2)C(=O)N2CCN(C(=O)OCC)CC2)cc1. The van der Waals surface area contributed by atoms with Gasteiger partial charge in [0.1, 0.15) is 17.6 Å². The first-order valence-electron chi connectivity index (χ1n) is 19.8. The van der Waals surface area contributed by atoms with E-state index in [1.165, 1.54) is 17.0 Å². The lowest BCUT2D eigenvalue weighted by Gasteiger charge is -2.36. The van der Waals surface area contributed by atoms with Crippen LogP contribution in [0.1, 0.15) is 43.2 Å². The standard InChI is InChI=1S/C40H51N6O14P/c1-5-54-38(49)45-21-19-44(20-22-45)37(48)33(42-36(47)32-24-34(46-18-17-30(25-46)53-4)43-35(41-32)29-11-9-8-10-12-29)23-28-13-15-31(16-14-28)61(52,59-26-57-39(50)55-6-2)60-27-58-40(51)56-7-3/h8-16,24,30,33H,5-7,17-23,25-27H2,1-4H3,(H,42,47)/t30-,33-/m0/s1. The third-order valence-corrected chi connectivity index (χ3v) is 11.3. The molecule has 3 heterocycles. The van der Waals surface area contributed by atoms with E-state index in [0.717, 1.165) is 6.42 Å². The van der Waals surface area contributed by atoms with Gasteiger partial charge in [0, 0.05) is 64.4 Å². The number of aromatic nitrogens is 2. The number of nitrogens with one attached hydrogen (secondary N) is 1. The van der Waals surface area contributed by atoms with E-state index in [2.05, 4.69) is 10.3 Å². The molecule has 21 heteroatoms. The fourth-order valence-electron chi connectivity index (χ4n) is 6.38. The number of hydrogen-bond acceptors (Lipinski definition) is 17. The van der Waals surface area contributed by atoms with Crippen LogP contribution in [0.2, 0.25) is 0 Å². The van der Waals surface area contributed by atoms with Crippen molar-refractivity contribution < 1.29 is 66.0 Å². The molecule has 2 aromatic carbocycles. The van der Waals surface area contributed by atoms with Crippen LogP contribution < -0.4 is 15.5 Å². The molecule has 20 nitrogen and oxygen atoms in total. The Kier molecular flexibility index (Phi) is 17.2. The lowest BCUT2D eigenvalue weighted by atomic mass is 10.0. The first-order chi connectivity index (χ1) is 29.5. The van der Waals surface area contributed by atoms with Crippen LogP contribution in [-0.2, 0) is 53.2 Å². The summed E-state index contributed by atoms with van der Waals surface area (Å²) < 4.78 is 54.4. The van der Waals surface area contributed by atoms with Crippen molar-refractivity contribution in [1.29, 1.82) is 0 Å². The van der Waals surface area contributed by atoms with Gasteiger partial charge in [-0.1, -0.05) is 42.5 Å². The number of hydrogen-bond donors (Lipinski definition) is 1. The molecule has 2 aliphatic heterocycles. The van der Waals surface area contributed by atoms with Gasteiger partial charge >= 0.3 is 26.0 Å². The molecule has 0 spiro atoms. The molecule has 0 bridgehead atoms. The Morgan fingerprint density at radius 1 is 0.770 bits per heavy atom. The van der Waals surface area contributed by atoms with Crippen molar-refractivity contribution in [3.8, 4) is 11.4 Å². The van der Waals surface area contributed by atoms with Crippen LogP contribution in [-0.4, -0.2) is 142 Å². The first-order valence-corrected chi connectivity index (χ1v) is 21.3. The fraction of sp³-hybridized carbons (Fsp3) is 0.475. The van der Waals surface area contributed by atoms with Crippen LogP contribution in [0.15, 0.2) is 60.7 Å². The summed E-state index contributed by atoms with van der Waals surface area (Å²) in [6.07, 6.45) is -1.88. The molecular weight excluding hydrogens is 819 g/mol. The Morgan fingerprint density at radius 2 is 1.38 bits per heavy atom. The lowest BCUT2D eigenvalue weighted by Crippen LogP contribution is -2.56. The van der Waals surface area contributed by atoms with Gasteiger partial charge < -0.3 is 48.4 Å². The molecule has 0 aliphatic carbocycles. The topological polar surface area (TPSA) is 224 Å². The number of carbonyl (C=O) groups excluding carboxylic acids is 5. The second-order valence-corrected chi connectivity index (χ2v) is 15.5. The Labute approximate surface area is 353 Å². The number of piperazine rings is 1. The Balaban J connectivity index is 1.41. The molecule has 3 amide bonds. The monoisotopic (exact) mass is 870 g/mol. The average Bonchev–Trinajstić information content (AvgIpc) is 3.76. The van der Waals surface area contributed by atoms with Crippen LogP contribution in [0.4, 0.5) is 20.2 Å². The molecule has 61 heavy (non-hydrogen) atoms. The van der Waals surface area contributed by atoms with Crippen molar-refractivity contribution in [2.75, 3.05) is 84.7 Å². The van der Waals surface area contributed by atoms with Gasteiger partial charge in [0.05, 0.1) is 31.2 Å². The maximum Gasteiger partial charge on any atom is 0.510 e. The number of rotatable bonds is 18. The minimum atomic E-state index is -4.33. The van der Waals surface area contributed by atoms with Gasteiger partial charge in [0.2, 0.25) is 19.5 Å². The molecule has 2 fully saturated rings. The minimum Gasteiger partial charge on any atom is -0.450 e. The summed E-state index contributed by atoms with van der Waals surface area (Å²) in [5.41, 5.74) is 1.26. The quantitative estimate of drug-likeness (QED) is 0.0821. The molecule has 3 aromatic rings. The highest BCUT2D eigenvalue weighted by Gasteiger charge is 2.33. The van der Waals surface area contributed by atoms with Gasteiger partial charge in [-0.15, -0.1) is 0 Å². The number of anilines is 1. The predicted molar refractivity (Wildman–Crippen MR) is 217 cm³/mol. The number of nitrogens with zero attached hydrogens (tertiary/aromatic N) is 5. The molecule has 330 valence electrons. The van der Waals surface area contributed by atoms with Gasteiger partial charge in [-0.25, -0.2) is 24.4 Å². The highest BCUT2D eigenvalue weighted by Crippen LogP contribution is 2.47. The summed E-state index contributed by atoms with van der Waals surface area (Å²) in [5, 5.41) is 2.88. The Bertz CT molecular complexity index is 1970. The second kappa shape index (κ2) is 22.7. The van der Waals surface area contributed by atoms with Crippen molar-refractivity contribution in [2.45, 2.75) is 45.8 Å². The molecule has 0 radical (unpaired) electrons. The van der Waals surface area contributed by atoms with Crippen molar-refractivity contribution in [3.05, 3.63) is 71.9 Å². The molecule has 2 aliphatic rings. The number of benzene rings is 2. The molecular formula is C40H51N6O14P. The van der Waals surface area contributed by atoms with Crippen LogP contribution in [0.5, 0.6) is 0 Å². The van der Waals surface area contributed by atoms with Gasteiger partial charge in [0.25, 0.3) is 5.91 Å². The lowest BCUT2D eigenvalue weighted by molar-refractivity contribution is -0.134. The van der Waals surface area contributed by atoms with Crippen molar-refractivity contribution >= 4 is 48.9 Å². The largest absolute Gasteiger partial charge is 0.510 e. The molecule has 0 unspecified atom stereocenters. The number of carbonyl (C=O) groups is 5. The Morgan fingerprint density at radius 3 is 1.95 bits per heavy atom. The summed E-state index contributed by atoms with van der Waals surface area (Å²) in [6, 6.07) is 15.6. The highest BCUT2D eigenvalue weighted by atomic mass is 31.2. The fourth-order valence-corrected chi connectivity index (χ4v) is 7.65. The molecule has 1 aromatic heterocycles. The van der Waals surface area contributed by atoms with Crippen molar-refractivity contribution in [3.63, 3.8) is 0 Å². The number of ether oxygens (including phenoxy) is 6. The van der Waals surface area contributed by atoms with E-state index in [1.54, 1.807) is 51.0 Å². The van der Waals surface area contributed by atoms with Crippen LogP contribution in [0.25, 0.3) is 11.4 Å². The van der Waals surface area contributed by atoms with E-state index in [9.17, 15) is 28.5 Å². The zero-order valence-corrected chi connectivity index (χ0v) is 35.4. The average molecular weight is 871 g/mol. The van der Waals surface area contributed by atoms with E-state index in [0.29, 0.717) is 35.9 Å². The van der Waals surface area contributed by atoms with Crippen molar-refractivity contribution in [1.82, 2.24) is 25.1 Å². The van der Waals surface area contributed by atoms with Crippen LogP contribution in [0.3, 0.4) is 0 Å². The summed E-state index contributed by atoms with van der Waals surface area (Å²) in [6.45, 7) is 5.50. The number of methoxy groups -OCH3 is 1. The zero-order chi connectivity index (χ0) is 43.8. The third-order valence-electron chi connectivity index (χ3n) is 9.52. The van der Waals surface area contributed by atoms with Crippen LogP contribution >= 0.6 is 7.60 Å². The van der Waals surface area contributed by atoms with E-state index in [4.69, 9.17) is 42.5 Å². The van der Waals surface area contributed by atoms with E-state index in [1.807, 2.05) is 35.2 Å². The second-order valence-electron chi connectivity index (χ2n) is 13.4. The molecule has 2 atom stereocenters. The molecule has 2 saturated heterocycles. The van der Waals surface area contributed by atoms with Crippen LogP contribution in [0, 0.1) is 0 Å².